The van der Waals surface area contributed by atoms with E-state index in [4.69, 9.17) is 17.0 Å². The van der Waals surface area contributed by atoms with Crippen molar-refractivity contribution in [2.24, 2.45) is 0 Å². The largest absolute Gasteiger partial charge is 0.435 e. The fourth-order valence-corrected chi connectivity index (χ4v) is 3.05. The lowest BCUT2D eigenvalue weighted by Gasteiger charge is -2.26. The Bertz CT molecular complexity index is 751. The Hall–Kier alpha value is -2.29. The maximum Gasteiger partial charge on any atom is 0.387 e. The van der Waals surface area contributed by atoms with Crippen LogP contribution < -0.4 is 15.4 Å². The Kier molecular flexibility index (Phi) is 7.53. The van der Waals surface area contributed by atoms with Gasteiger partial charge in [0.05, 0.1) is 13.2 Å². The standard InChI is InChI=1S/C20H23F2N3O2S/c21-19(22)27-18-7-5-17(6-8-18)24-20(28)23-13-15-1-3-16(4-2-15)14-25-9-11-26-12-10-25/h1-8,19H,9-14H2,(H2,23,24,28). The molecular weight excluding hydrogens is 384 g/mol. The van der Waals surface area contributed by atoms with Crippen LogP contribution in [0.1, 0.15) is 11.1 Å². The summed E-state index contributed by atoms with van der Waals surface area (Å²) in [5, 5.41) is 6.61. The molecule has 2 aromatic rings. The summed E-state index contributed by atoms with van der Waals surface area (Å²) in [4.78, 5) is 2.38. The number of morpholine rings is 1. The molecule has 1 saturated heterocycles. The molecule has 5 nitrogen and oxygen atoms in total. The number of ether oxygens (including phenoxy) is 2. The number of hydrogen-bond acceptors (Lipinski definition) is 4. The van der Waals surface area contributed by atoms with E-state index in [-0.39, 0.29) is 5.75 Å². The molecule has 0 amide bonds. The van der Waals surface area contributed by atoms with Crippen LogP contribution >= 0.6 is 12.2 Å². The normalized spacial score (nSPS) is 14.7. The topological polar surface area (TPSA) is 45.8 Å². The first-order valence-corrected chi connectivity index (χ1v) is 9.47. The van der Waals surface area contributed by atoms with Crippen LogP contribution in [0.2, 0.25) is 0 Å². The van der Waals surface area contributed by atoms with Crippen molar-refractivity contribution in [1.29, 1.82) is 0 Å². The van der Waals surface area contributed by atoms with Crippen LogP contribution in [-0.2, 0) is 17.8 Å². The first-order valence-electron chi connectivity index (χ1n) is 9.06. The van der Waals surface area contributed by atoms with Crippen molar-refractivity contribution in [2.45, 2.75) is 19.7 Å². The van der Waals surface area contributed by atoms with Gasteiger partial charge >= 0.3 is 6.61 Å². The van der Waals surface area contributed by atoms with Gasteiger partial charge in [0, 0.05) is 31.9 Å². The summed E-state index contributed by atoms with van der Waals surface area (Å²) in [6.45, 7) is 2.24. The lowest BCUT2D eigenvalue weighted by molar-refractivity contribution is -0.0498. The molecule has 2 aromatic carbocycles. The van der Waals surface area contributed by atoms with E-state index in [1.807, 2.05) is 0 Å². The first kappa shape index (κ1) is 20.4. The first-order chi connectivity index (χ1) is 13.6. The number of nitrogens with zero attached hydrogens (tertiary/aromatic N) is 1. The number of alkyl halides is 2. The molecule has 1 heterocycles. The van der Waals surface area contributed by atoms with E-state index in [2.05, 4.69) is 44.5 Å². The number of halogens is 2. The fraction of sp³-hybridized carbons (Fsp3) is 0.350. The van der Waals surface area contributed by atoms with Gasteiger partial charge in [0.2, 0.25) is 0 Å². The van der Waals surface area contributed by atoms with Crippen LogP contribution in [0, 0.1) is 0 Å². The number of anilines is 1. The Morgan fingerprint density at radius 1 is 1.04 bits per heavy atom. The average molecular weight is 407 g/mol. The Balaban J connectivity index is 1.42. The van der Waals surface area contributed by atoms with Gasteiger partial charge in [0.25, 0.3) is 0 Å². The predicted molar refractivity (Wildman–Crippen MR) is 109 cm³/mol. The third-order valence-electron chi connectivity index (χ3n) is 4.32. The molecule has 3 rings (SSSR count). The molecule has 1 aliphatic rings. The Morgan fingerprint density at radius 2 is 1.68 bits per heavy atom. The summed E-state index contributed by atoms with van der Waals surface area (Å²) in [6.07, 6.45) is 0. The van der Waals surface area contributed by atoms with Crippen LogP contribution in [0.4, 0.5) is 14.5 Å². The summed E-state index contributed by atoms with van der Waals surface area (Å²) >= 11 is 5.28. The molecule has 0 radical (unpaired) electrons. The highest BCUT2D eigenvalue weighted by Crippen LogP contribution is 2.17. The van der Waals surface area contributed by atoms with Crippen molar-refractivity contribution >= 4 is 23.0 Å². The van der Waals surface area contributed by atoms with Crippen molar-refractivity contribution in [3.63, 3.8) is 0 Å². The lowest BCUT2D eigenvalue weighted by Crippen LogP contribution is -2.35. The molecule has 0 unspecified atom stereocenters. The molecule has 0 bridgehead atoms. The molecular formula is C20H23F2N3O2S. The summed E-state index contributed by atoms with van der Waals surface area (Å²) in [5.74, 6) is 0.108. The zero-order chi connectivity index (χ0) is 19.8. The Morgan fingerprint density at radius 3 is 2.32 bits per heavy atom. The zero-order valence-electron chi connectivity index (χ0n) is 15.4. The molecule has 2 N–H and O–H groups in total. The number of nitrogens with one attached hydrogen (secondary N) is 2. The van der Waals surface area contributed by atoms with Crippen LogP contribution in [0.25, 0.3) is 0 Å². The summed E-state index contributed by atoms with van der Waals surface area (Å²) in [7, 11) is 0. The molecule has 150 valence electrons. The van der Waals surface area contributed by atoms with E-state index < -0.39 is 6.61 Å². The van der Waals surface area contributed by atoms with Crippen molar-refractivity contribution in [3.8, 4) is 5.75 Å². The third kappa shape index (κ3) is 6.70. The van der Waals surface area contributed by atoms with Crippen molar-refractivity contribution in [2.75, 3.05) is 31.6 Å². The van der Waals surface area contributed by atoms with Crippen molar-refractivity contribution in [1.82, 2.24) is 10.2 Å². The quantitative estimate of drug-likeness (QED) is 0.684. The minimum absolute atomic E-state index is 0.108. The second-order valence-electron chi connectivity index (χ2n) is 6.42. The monoisotopic (exact) mass is 407 g/mol. The number of rotatable bonds is 7. The van der Waals surface area contributed by atoms with Crippen LogP contribution in [0.3, 0.4) is 0 Å². The molecule has 0 aliphatic carbocycles. The molecule has 0 atom stereocenters. The highest BCUT2D eigenvalue weighted by molar-refractivity contribution is 7.80. The highest BCUT2D eigenvalue weighted by atomic mass is 32.1. The van der Waals surface area contributed by atoms with E-state index in [9.17, 15) is 8.78 Å². The minimum atomic E-state index is -2.83. The SMILES string of the molecule is FC(F)Oc1ccc(NC(=S)NCc2ccc(CN3CCOCC3)cc2)cc1. The van der Waals surface area contributed by atoms with Gasteiger partial charge in [-0.3, -0.25) is 4.90 Å². The summed E-state index contributed by atoms with van der Waals surface area (Å²) in [6, 6.07) is 14.6. The number of hydrogen-bond donors (Lipinski definition) is 2. The molecule has 0 saturated carbocycles. The lowest BCUT2D eigenvalue weighted by atomic mass is 10.1. The molecule has 0 spiro atoms. The number of thiocarbonyl (C=S) groups is 1. The van der Waals surface area contributed by atoms with E-state index in [1.165, 1.54) is 17.7 Å². The van der Waals surface area contributed by atoms with Crippen LogP contribution in [0.5, 0.6) is 5.75 Å². The second-order valence-corrected chi connectivity index (χ2v) is 6.82. The van der Waals surface area contributed by atoms with Crippen LogP contribution in [-0.4, -0.2) is 42.9 Å². The third-order valence-corrected chi connectivity index (χ3v) is 4.57. The molecule has 1 aliphatic heterocycles. The zero-order valence-corrected chi connectivity index (χ0v) is 16.2. The number of benzene rings is 2. The van der Waals surface area contributed by atoms with E-state index in [0.717, 1.165) is 38.4 Å². The fourth-order valence-electron chi connectivity index (χ4n) is 2.86. The molecule has 28 heavy (non-hydrogen) atoms. The minimum Gasteiger partial charge on any atom is -0.435 e. The average Bonchev–Trinajstić information content (AvgIpc) is 2.69. The van der Waals surface area contributed by atoms with Gasteiger partial charge in [-0.05, 0) is 47.6 Å². The van der Waals surface area contributed by atoms with Crippen molar-refractivity contribution in [3.05, 3.63) is 59.7 Å². The van der Waals surface area contributed by atoms with E-state index in [0.29, 0.717) is 17.3 Å². The van der Waals surface area contributed by atoms with Crippen LogP contribution in [0.15, 0.2) is 48.5 Å². The maximum absolute atomic E-state index is 12.2. The van der Waals surface area contributed by atoms with Gasteiger partial charge in [0.1, 0.15) is 5.75 Å². The summed E-state index contributed by atoms with van der Waals surface area (Å²) in [5.41, 5.74) is 3.09. The predicted octanol–water partition coefficient (Wildman–Crippen LogP) is 3.61. The van der Waals surface area contributed by atoms with Crippen molar-refractivity contribution < 1.29 is 18.3 Å². The summed E-state index contributed by atoms with van der Waals surface area (Å²) < 4.78 is 34.0. The van der Waals surface area contributed by atoms with Gasteiger partial charge in [0.15, 0.2) is 5.11 Å². The smallest absolute Gasteiger partial charge is 0.387 e. The van der Waals surface area contributed by atoms with Gasteiger partial charge in [-0.15, -0.1) is 0 Å². The molecule has 1 fully saturated rings. The van der Waals surface area contributed by atoms with E-state index >= 15 is 0 Å². The molecule has 8 heteroatoms. The van der Waals surface area contributed by atoms with Gasteiger partial charge in [-0.1, -0.05) is 24.3 Å². The second kappa shape index (κ2) is 10.3. The Labute approximate surface area is 168 Å². The van der Waals surface area contributed by atoms with Gasteiger partial charge in [-0.25, -0.2) is 0 Å². The maximum atomic E-state index is 12.2. The molecule has 0 aromatic heterocycles. The van der Waals surface area contributed by atoms with Gasteiger partial charge < -0.3 is 20.1 Å². The van der Waals surface area contributed by atoms with Gasteiger partial charge in [-0.2, -0.15) is 8.78 Å². The highest BCUT2D eigenvalue weighted by Gasteiger charge is 2.10. The van der Waals surface area contributed by atoms with E-state index in [1.54, 1.807) is 12.1 Å².